The van der Waals surface area contributed by atoms with Crippen LogP contribution in [-0.4, -0.2) is 0 Å². The van der Waals surface area contributed by atoms with Crippen LogP contribution < -0.4 is 0 Å². The Bertz CT molecular complexity index is 450. The molecule has 68 valence electrons. The first-order valence-electron chi connectivity index (χ1n) is 3.65. The van der Waals surface area contributed by atoms with Crippen LogP contribution in [0.2, 0.25) is 0 Å². The number of thiophene rings is 1. The summed E-state index contributed by atoms with van der Waals surface area (Å²) in [6.45, 7) is 0. The lowest BCUT2D eigenvalue weighted by molar-refractivity contribution is 0.629. The number of hydrogen-bond acceptors (Lipinski definition) is 1. The van der Waals surface area contributed by atoms with Crippen LogP contribution in [0.1, 0.15) is 5.56 Å². The molecule has 0 unspecified atom stereocenters. The summed E-state index contributed by atoms with van der Waals surface area (Å²) in [5, 5.41) is 0.258. The molecule has 13 heavy (non-hydrogen) atoms. The maximum atomic E-state index is 13.1. The van der Waals surface area contributed by atoms with Gasteiger partial charge in [0.2, 0.25) is 0 Å². The topological polar surface area (TPSA) is 0 Å². The molecule has 0 bridgehead atoms. The minimum absolute atomic E-state index is 0.0787. The van der Waals surface area contributed by atoms with Gasteiger partial charge in [-0.1, -0.05) is 0 Å². The Morgan fingerprint density at radius 3 is 2.77 bits per heavy atom. The molecule has 1 aromatic carbocycles. The molecule has 0 saturated carbocycles. The lowest BCUT2D eigenvalue weighted by atomic mass is 10.2. The van der Waals surface area contributed by atoms with E-state index in [1.165, 1.54) is 12.1 Å². The molecule has 0 atom stereocenters. The number of alkyl halides is 1. The molecule has 0 fully saturated rings. The quantitative estimate of drug-likeness (QED) is 0.637. The molecular weight excluding hydrogens is 214 g/mol. The number of benzene rings is 1. The van der Waals surface area contributed by atoms with Gasteiger partial charge in [-0.2, -0.15) is 4.39 Å². The number of rotatable bonds is 1. The molecule has 1 heterocycles. The average Bonchev–Trinajstić information content (AvgIpc) is 2.40. The summed E-state index contributed by atoms with van der Waals surface area (Å²) in [5.41, 5.74) is 0.390. The first-order chi connectivity index (χ1) is 6.22. The van der Waals surface area contributed by atoms with E-state index in [2.05, 4.69) is 0 Å². The molecule has 0 aliphatic rings. The van der Waals surface area contributed by atoms with E-state index >= 15 is 0 Å². The van der Waals surface area contributed by atoms with Gasteiger partial charge in [-0.3, -0.25) is 0 Å². The predicted molar refractivity (Wildman–Crippen MR) is 51.3 cm³/mol. The van der Waals surface area contributed by atoms with Gasteiger partial charge in [0.05, 0.1) is 5.88 Å². The first-order valence-corrected chi connectivity index (χ1v) is 5.00. The zero-order valence-corrected chi connectivity index (χ0v) is 8.05. The van der Waals surface area contributed by atoms with Crippen molar-refractivity contribution < 1.29 is 8.78 Å². The second-order valence-electron chi connectivity index (χ2n) is 2.63. The van der Waals surface area contributed by atoms with Crippen molar-refractivity contribution >= 4 is 33.0 Å². The predicted octanol–water partition coefficient (Wildman–Crippen LogP) is 3.92. The summed E-state index contributed by atoms with van der Waals surface area (Å²) in [5.74, 6) is -0.286. The Kier molecular flexibility index (Phi) is 2.22. The Morgan fingerprint density at radius 1 is 1.31 bits per heavy atom. The number of hydrogen-bond donors (Lipinski definition) is 0. The summed E-state index contributed by atoms with van der Waals surface area (Å²) in [6, 6.07) is 4.19. The van der Waals surface area contributed by atoms with Crippen molar-refractivity contribution in [2.24, 2.45) is 0 Å². The molecule has 0 aliphatic heterocycles. The maximum absolute atomic E-state index is 13.1. The third-order valence-corrected chi connectivity index (χ3v) is 3.11. The monoisotopic (exact) mass is 218 g/mol. The molecule has 4 heteroatoms. The van der Waals surface area contributed by atoms with Crippen molar-refractivity contribution in [3.63, 3.8) is 0 Å². The fourth-order valence-electron chi connectivity index (χ4n) is 1.22. The average molecular weight is 219 g/mol. The van der Waals surface area contributed by atoms with Crippen LogP contribution in [-0.2, 0) is 5.88 Å². The Morgan fingerprint density at radius 2 is 2.08 bits per heavy atom. The van der Waals surface area contributed by atoms with Crippen LogP contribution in [0.25, 0.3) is 10.1 Å². The van der Waals surface area contributed by atoms with Crippen molar-refractivity contribution in [2.45, 2.75) is 5.88 Å². The van der Waals surface area contributed by atoms with E-state index < -0.39 is 0 Å². The van der Waals surface area contributed by atoms with Crippen molar-refractivity contribution in [1.82, 2.24) is 0 Å². The zero-order valence-electron chi connectivity index (χ0n) is 6.48. The van der Waals surface area contributed by atoms with E-state index in [-0.39, 0.29) is 16.8 Å². The van der Waals surface area contributed by atoms with Gasteiger partial charge in [0.15, 0.2) is 5.13 Å². The molecule has 0 N–H and O–H groups in total. The van der Waals surface area contributed by atoms with Crippen molar-refractivity contribution in [3.8, 4) is 0 Å². The van der Waals surface area contributed by atoms with Gasteiger partial charge < -0.3 is 0 Å². The van der Waals surface area contributed by atoms with E-state index in [9.17, 15) is 8.78 Å². The Balaban J connectivity index is 2.80. The Labute approximate surface area is 82.8 Å². The van der Waals surface area contributed by atoms with Crippen LogP contribution in [0, 0.1) is 10.9 Å². The Hall–Kier alpha value is -0.670. The lowest BCUT2D eigenvalue weighted by Gasteiger charge is -1.92. The van der Waals surface area contributed by atoms with Gasteiger partial charge in [0.25, 0.3) is 0 Å². The third-order valence-electron chi connectivity index (χ3n) is 1.84. The summed E-state index contributed by atoms with van der Waals surface area (Å²) in [4.78, 5) is 0. The highest BCUT2D eigenvalue weighted by atomic mass is 35.5. The number of fused-ring (bicyclic) bond motifs is 1. The van der Waals surface area contributed by atoms with Crippen LogP contribution >= 0.6 is 22.9 Å². The van der Waals surface area contributed by atoms with Gasteiger partial charge in [-0.05, 0) is 18.2 Å². The molecule has 2 rings (SSSR count). The van der Waals surface area contributed by atoms with E-state index in [0.29, 0.717) is 10.9 Å². The fraction of sp³-hybridized carbons (Fsp3) is 0.111. The smallest absolute Gasteiger partial charge is 0.182 e. The van der Waals surface area contributed by atoms with Crippen molar-refractivity contribution in [2.75, 3.05) is 0 Å². The lowest BCUT2D eigenvalue weighted by Crippen LogP contribution is -1.79. The minimum atomic E-state index is -0.364. The number of halogens is 3. The molecular formula is C9H5ClF2S. The molecule has 0 amide bonds. The highest BCUT2D eigenvalue weighted by Gasteiger charge is 2.11. The van der Waals surface area contributed by atoms with Crippen LogP contribution in [0.15, 0.2) is 18.2 Å². The van der Waals surface area contributed by atoms with Crippen LogP contribution in [0.5, 0.6) is 0 Å². The SMILES string of the molecule is Fc1ccc2sc(F)c(CCl)c2c1. The summed E-state index contributed by atoms with van der Waals surface area (Å²) < 4.78 is 26.7. The van der Waals surface area contributed by atoms with E-state index in [0.717, 1.165) is 16.0 Å². The van der Waals surface area contributed by atoms with E-state index in [4.69, 9.17) is 11.6 Å². The van der Waals surface area contributed by atoms with Gasteiger partial charge in [-0.25, -0.2) is 4.39 Å². The van der Waals surface area contributed by atoms with E-state index in [1.807, 2.05) is 0 Å². The standard InChI is InChI=1S/C9H5ClF2S/c10-4-7-6-3-5(11)1-2-8(6)13-9(7)12/h1-3H,4H2. The zero-order chi connectivity index (χ0) is 9.42. The highest BCUT2D eigenvalue weighted by Crippen LogP contribution is 2.31. The van der Waals surface area contributed by atoms with Crippen molar-refractivity contribution in [3.05, 3.63) is 34.7 Å². The van der Waals surface area contributed by atoms with E-state index in [1.54, 1.807) is 6.07 Å². The second-order valence-corrected chi connectivity index (χ2v) is 3.90. The molecule has 1 aromatic heterocycles. The largest absolute Gasteiger partial charge is 0.207 e. The van der Waals surface area contributed by atoms with Gasteiger partial charge in [0.1, 0.15) is 5.82 Å². The fourth-order valence-corrected chi connectivity index (χ4v) is 2.48. The second kappa shape index (κ2) is 3.24. The molecule has 2 aromatic rings. The summed E-state index contributed by atoms with van der Waals surface area (Å²) in [7, 11) is 0. The van der Waals surface area contributed by atoms with Crippen molar-refractivity contribution in [1.29, 1.82) is 0 Å². The minimum Gasteiger partial charge on any atom is -0.207 e. The third kappa shape index (κ3) is 1.42. The van der Waals surface area contributed by atoms with Gasteiger partial charge in [-0.15, -0.1) is 22.9 Å². The molecule has 0 spiro atoms. The highest BCUT2D eigenvalue weighted by molar-refractivity contribution is 7.17. The maximum Gasteiger partial charge on any atom is 0.182 e. The van der Waals surface area contributed by atoms with Gasteiger partial charge in [0, 0.05) is 15.6 Å². The molecule has 0 saturated heterocycles. The van der Waals surface area contributed by atoms with Crippen LogP contribution in [0.4, 0.5) is 8.78 Å². The van der Waals surface area contributed by atoms with Crippen LogP contribution in [0.3, 0.4) is 0 Å². The molecule has 0 aliphatic carbocycles. The normalized spacial score (nSPS) is 11.0. The summed E-state index contributed by atoms with van der Waals surface area (Å²) >= 11 is 6.54. The van der Waals surface area contributed by atoms with Gasteiger partial charge >= 0.3 is 0 Å². The molecule has 0 radical (unpaired) electrons. The molecule has 0 nitrogen and oxygen atoms in total. The first kappa shape index (κ1) is 8.91. The summed E-state index contributed by atoms with van der Waals surface area (Å²) in [6.07, 6.45) is 0.